The molecule has 0 atom stereocenters. The van der Waals surface area contributed by atoms with Gasteiger partial charge in [0.25, 0.3) is 5.69 Å². The van der Waals surface area contributed by atoms with Crippen LogP contribution < -0.4 is 5.14 Å². The highest BCUT2D eigenvalue weighted by Crippen LogP contribution is 2.42. The zero-order valence-corrected chi connectivity index (χ0v) is 16.8. The van der Waals surface area contributed by atoms with Crippen LogP contribution in [-0.4, -0.2) is 28.1 Å². The van der Waals surface area contributed by atoms with Crippen molar-refractivity contribution in [1.29, 1.82) is 0 Å². The maximum atomic E-state index is 11.5. The zero-order chi connectivity index (χ0) is 19.9. The van der Waals surface area contributed by atoms with E-state index in [1.807, 2.05) is 22.1 Å². The summed E-state index contributed by atoms with van der Waals surface area (Å²) in [4.78, 5) is 12.0. The van der Waals surface area contributed by atoms with E-state index in [2.05, 4.69) is 10.2 Å². The average Bonchev–Trinajstić information content (AvgIpc) is 3.19. The normalized spacial score (nSPS) is 14.3. The lowest BCUT2D eigenvalue weighted by Gasteiger charge is -2.09. The Bertz CT molecular complexity index is 1140. The van der Waals surface area contributed by atoms with Crippen LogP contribution in [0.2, 0.25) is 0 Å². The maximum Gasteiger partial charge on any atom is 0.284 e. The number of rotatable bonds is 7. The number of nitro benzene ring substituents is 1. The van der Waals surface area contributed by atoms with Gasteiger partial charge in [0.15, 0.2) is 5.16 Å². The molecular weight excluding hydrogens is 422 g/mol. The van der Waals surface area contributed by atoms with Crippen molar-refractivity contribution < 1.29 is 13.3 Å². The van der Waals surface area contributed by atoms with Crippen LogP contribution in [0.3, 0.4) is 0 Å². The molecule has 9 nitrogen and oxygen atoms in total. The van der Waals surface area contributed by atoms with Gasteiger partial charge < -0.3 is 4.57 Å². The number of aromatic nitrogens is 3. The molecule has 4 rings (SSSR count). The summed E-state index contributed by atoms with van der Waals surface area (Å²) in [5.41, 5.74) is -0.332. The number of nitro groups is 1. The smallest absolute Gasteiger partial charge is 0.284 e. The van der Waals surface area contributed by atoms with Gasteiger partial charge in [0, 0.05) is 23.4 Å². The van der Waals surface area contributed by atoms with Crippen LogP contribution in [-0.2, 0) is 16.4 Å². The minimum absolute atomic E-state index is 0.286. The Labute approximate surface area is 168 Å². The highest BCUT2D eigenvalue weighted by atomic mass is 32.2. The van der Waals surface area contributed by atoms with Gasteiger partial charge in [0.05, 0.1) is 14.7 Å². The van der Waals surface area contributed by atoms with Crippen LogP contribution in [0, 0.1) is 10.1 Å². The lowest BCUT2D eigenvalue weighted by atomic mass is 10.3. The molecule has 12 heteroatoms. The monoisotopic (exact) mass is 437 g/mol. The van der Waals surface area contributed by atoms with Crippen LogP contribution in [0.5, 0.6) is 0 Å². The van der Waals surface area contributed by atoms with Crippen molar-refractivity contribution in [2.45, 2.75) is 40.3 Å². The van der Waals surface area contributed by atoms with Crippen molar-refractivity contribution in [1.82, 2.24) is 14.8 Å². The Balaban J connectivity index is 1.69. The van der Waals surface area contributed by atoms with Crippen molar-refractivity contribution in [2.75, 3.05) is 0 Å². The summed E-state index contributed by atoms with van der Waals surface area (Å²) in [5, 5.41) is 27.6. The summed E-state index contributed by atoms with van der Waals surface area (Å²) in [5.74, 6) is 0.816. The number of primary sulfonamides is 1. The van der Waals surface area contributed by atoms with E-state index in [0.29, 0.717) is 11.6 Å². The van der Waals surface area contributed by atoms with E-state index in [4.69, 9.17) is 5.14 Å². The highest BCUT2D eigenvalue weighted by molar-refractivity contribution is 7.99. The van der Waals surface area contributed by atoms with Gasteiger partial charge >= 0.3 is 0 Å². The summed E-state index contributed by atoms with van der Waals surface area (Å²) < 4.78 is 25.0. The molecule has 0 saturated heterocycles. The van der Waals surface area contributed by atoms with Crippen LogP contribution >= 0.6 is 23.1 Å². The summed E-state index contributed by atoms with van der Waals surface area (Å²) in [7, 11) is -4.03. The average molecular weight is 438 g/mol. The molecule has 1 aliphatic carbocycles. The third kappa shape index (κ3) is 3.94. The van der Waals surface area contributed by atoms with Crippen molar-refractivity contribution in [3.63, 3.8) is 0 Å². The molecule has 1 aliphatic rings. The van der Waals surface area contributed by atoms with E-state index in [0.717, 1.165) is 41.4 Å². The largest absolute Gasteiger partial charge is 0.302 e. The van der Waals surface area contributed by atoms with Crippen molar-refractivity contribution >= 4 is 38.8 Å². The van der Waals surface area contributed by atoms with E-state index in [-0.39, 0.29) is 21.5 Å². The maximum absolute atomic E-state index is 11.5. The van der Waals surface area contributed by atoms with Crippen LogP contribution in [0.25, 0.3) is 0 Å². The first-order valence-electron chi connectivity index (χ1n) is 8.28. The number of hydrogen-bond donors (Lipinski definition) is 1. The molecule has 1 saturated carbocycles. The van der Waals surface area contributed by atoms with E-state index < -0.39 is 14.9 Å². The molecule has 0 unspecified atom stereocenters. The van der Waals surface area contributed by atoms with Crippen molar-refractivity contribution in [3.05, 3.63) is 56.5 Å². The van der Waals surface area contributed by atoms with Crippen LogP contribution in [0.4, 0.5) is 5.69 Å². The quantitative estimate of drug-likeness (QED) is 0.443. The van der Waals surface area contributed by atoms with Gasteiger partial charge in [-0.2, -0.15) is 0 Å². The van der Waals surface area contributed by atoms with Crippen molar-refractivity contribution in [3.8, 4) is 0 Å². The fourth-order valence-electron chi connectivity index (χ4n) is 2.77. The Morgan fingerprint density at radius 2 is 2.11 bits per heavy atom. The lowest BCUT2D eigenvalue weighted by Crippen LogP contribution is -2.12. The third-order valence-corrected chi connectivity index (χ3v) is 7.03. The molecule has 2 aromatic heterocycles. The molecule has 0 bridgehead atoms. The molecular formula is C16H15N5O4S3. The minimum atomic E-state index is -4.03. The number of nitrogens with zero attached hydrogens (tertiary/aromatic N) is 4. The Morgan fingerprint density at radius 1 is 1.32 bits per heavy atom. The van der Waals surface area contributed by atoms with E-state index in [9.17, 15) is 18.5 Å². The van der Waals surface area contributed by atoms with E-state index in [1.165, 1.54) is 12.1 Å². The Hall–Kier alpha value is -2.28. The van der Waals surface area contributed by atoms with Crippen LogP contribution in [0.15, 0.2) is 50.7 Å². The summed E-state index contributed by atoms with van der Waals surface area (Å²) in [6.07, 6.45) is 2.67. The Kier molecular flexibility index (Phi) is 4.95. The second kappa shape index (κ2) is 7.28. The van der Waals surface area contributed by atoms with E-state index >= 15 is 0 Å². The predicted molar refractivity (Wildman–Crippen MR) is 104 cm³/mol. The molecule has 3 aromatic rings. The molecule has 0 radical (unpaired) electrons. The topological polar surface area (TPSA) is 134 Å². The summed E-state index contributed by atoms with van der Waals surface area (Å²) >= 11 is 2.74. The van der Waals surface area contributed by atoms with Gasteiger partial charge in [0.1, 0.15) is 5.82 Å². The molecule has 28 heavy (non-hydrogen) atoms. The number of thiophene rings is 1. The molecule has 0 amide bonds. The first-order chi connectivity index (χ1) is 13.3. The van der Waals surface area contributed by atoms with Gasteiger partial charge in [-0.05, 0) is 48.2 Å². The number of nitrogens with two attached hydrogens (primary N) is 1. The fourth-order valence-corrected chi connectivity index (χ4v) is 5.01. The zero-order valence-electron chi connectivity index (χ0n) is 14.4. The van der Waals surface area contributed by atoms with Gasteiger partial charge in [-0.3, -0.25) is 10.1 Å². The molecule has 2 heterocycles. The SMILES string of the molecule is NS(=O)(=O)c1ccc(Sc2nnc(Cc3cccs3)n2C2CC2)c([N+](=O)[O-])c1. The van der Waals surface area contributed by atoms with Gasteiger partial charge in [-0.25, -0.2) is 13.6 Å². The van der Waals surface area contributed by atoms with Crippen molar-refractivity contribution in [2.24, 2.45) is 5.14 Å². The third-order valence-electron chi connectivity index (χ3n) is 4.22. The summed E-state index contributed by atoms with van der Waals surface area (Å²) in [6.45, 7) is 0. The first kappa shape index (κ1) is 19.1. The molecule has 0 aliphatic heterocycles. The minimum Gasteiger partial charge on any atom is -0.302 e. The molecule has 146 valence electrons. The fraction of sp³-hybridized carbons (Fsp3) is 0.250. The number of benzene rings is 1. The highest BCUT2D eigenvalue weighted by Gasteiger charge is 2.31. The molecule has 1 aromatic carbocycles. The standard InChI is InChI=1S/C16H15N5O4S3/c17-28(24,25)12-5-6-14(13(9-12)21(22)23)27-16-19-18-15(20(16)10-3-4-10)8-11-2-1-7-26-11/h1-2,5-7,9-10H,3-4,8H2,(H2,17,24,25). The predicted octanol–water partition coefficient (Wildman–Crippen LogP) is 2.97. The first-order valence-corrected chi connectivity index (χ1v) is 11.5. The Morgan fingerprint density at radius 3 is 2.71 bits per heavy atom. The number of sulfonamides is 1. The van der Waals surface area contributed by atoms with E-state index in [1.54, 1.807) is 11.3 Å². The van der Waals surface area contributed by atoms with Gasteiger partial charge in [0.2, 0.25) is 10.0 Å². The second-order valence-corrected chi connectivity index (χ2v) is 9.89. The second-order valence-electron chi connectivity index (χ2n) is 6.29. The molecule has 1 fully saturated rings. The summed E-state index contributed by atoms with van der Waals surface area (Å²) in [6, 6.07) is 7.91. The van der Waals surface area contributed by atoms with Crippen LogP contribution in [0.1, 0.15) is 29.6 Å². The van der Waals surface area contributed by atoms with Gasteiger partial charge in [-0.15, -0.1) is 21.5 Å². The van der Waals surface area contributed by atoms with Gasteiger partial charge in [-0.1, -0.05) is 6.07 Å². The molecule has 0 spiro atoms. The number of hydrogen-bond acceptors (Lipinski definition) is 8. The molecule has 2 N–H and O–H groups in total. The lowest BCUT2D eigenvalue weighted by molar-refractivity contribution is -0.388.